The van der Waals surface area contributed by atoms with Crippen molar-refractivity contribution in [2.45, 2.75) is 75.8 Å². The van der Waals surface area contributed by atoms with Crippen molar-refractivity contribution in [3.63, 3.8) is 0 Å². The number of hydrogen-bond donors (Lipinski definition) is 6. The summed E-state index contributed by atoms with van der Waals surface area (Å²) in [6, 6.07) is 0. The molecule has 10 nitrogen and oxygen atoms in total. The predicted molar refractivity (Wildman–Crippen MR) is 98.1 cm³/mol. The lowest BCUT2D eigenvalue weighted by Gasteiger charge is -2.44. The van der Waals surface area contributed by atoms with Crippen molar-refractivity contribution in [1.29, 1.82) is 0 Å². The number of ether oxygens (including phenoxy) is 3. The maximum atomic E-state index is 11.7. The number of carbonyl (C=O) groups excluding carboxylic acids is 1. The van der Waals surface area contributed by atoms with Gasteiger partial charge in [-0.25, -0.2) is 0 Å². The molecular weight excluding hydrogens is 374 g/mol. The molecule has 1 aliphatic rings. The molecule has 28 heavy (non-hydrogen) atoms. The van der Waals surface area contributed by atoms with Gasteiger partial charge in [-0.1, -0.05) is 19.8 Å². The Morgan fingerprint density at radius 3 is 2.54 bits per heavy atom. The Labute approximate surface area is 165 Å². The standard InChI is InChI=1S/C18H35NO9/c1-2-3-9-26-11-8-19-14(21)7-5-4-6-10-27-17-18(24,25)16(23)15(22)13(12-20)28-17/h13,15-17,20,22-25H,2-12H2,1H3,(H,19,21). The van der Waals surface area contributed by atoms with Crippen LogP contribution in [0.4, 0.5) is 0 Å². The van der Waals surface area contributed by atoms with Gasteiger partial charge in [-0.3, -0.25) is 4.79 Å². The van der Waals surface area contributed by atoms with E-state index in [1.54, 1.807) is 0 Å². The monoisotopic (exact) mass is 409 g/mol. The van der Waals surface area contributed by atoms with Gasteiger partial charge in [0.25, 0.3) is 0 Å². The molecule has 0 bridgehead atoms. The molecular formula is C18H35NO9. The predicted octanol–water partition coefficient (Wildman–Crippen LogP) is -1.38. The number of nitrogens with one attached hydrogen (secondary N) is 1. The second kappa shape index (κ2) is 13.4. The van der Waals surface area contributed by atoms with E-state index < -0.39 is 37.0 Å². The third-order valence-electron chi connectivity index (χ3n) is 4.49. The summed E-state index contributed by atoms with van der Waals surface area (Å²) in [6.45, 7) is 3.27. The summed E-state index contributed by atoms with van der Waals surface area (Å²) in [7, 11) is 0. The molecule has 0 spiro atoms. The second-order valence-electron chi connectivity index (χ2n) is 6.90. The van der Waals surface area contributed by atoms with Crippen molar-refractivity contribution in [3.05, 3.63) is 0 Å². The van der Waals surface area contributed by atoms with Crippen LogP contribution in [0.25, 0.3) is 0 Å². The lowest BCUT2D eigenvalue weighted by atomic mass is 9.96. The van der Waals surface area contributed by atoms with Gasteiger partial charge in [0.2, 0.25) is 18.0 Å². The summed E-state index contributed by atoms with van der Waals surface area (Å²) in [4.78, 5) is 11.7. The summed E-state index contributed by atoms with van der Waals surface area (Å²) < 4.78 is 15.7. The fourth-order valence-corrected chi connectivity index (χ4v) is 2.70. The zero-order valence-electron chi connectivity index (χ0n) is 16.5. The average molecular weight is 409 g/mol. The van der Waals surface area contributed by atoms with Crippen molar-refractivity contribution in [1.82, 2.24) is 5.32 Å². The number of hydrogen-bond acceptors (Lipinski definition) is 9. The van der Waals surface area contributed by atoms with Gasteiger partial charge in [-0.15, -0.1) is 0 Å². The number of aliphatic hydroxyl groups is 5. The van der Waals surface area contributed by atoms with E-state index in [0.29, 0.717) is 45.4 Å². The highest BCUT2D eigenvalue weighted by Gasteiger charge is 2.54. The minimum atomic E-state index is -2.79. The van der Waals surface area contributed by atoms with Crippen molar-refractivity contribution in [2.24, 2.45) is 0 Å². The first-order chi connectivity index (χ1) is 13.3. The van der Waals surface area contributed by atoms with Crippen molar-refractivity contribution in [2.75, 3.05) is 33.0 Å². The van der Waals surface area contributed by atoms with Crippen LogP contribution in [0.3, 0.4) is 0 Å². The number of unbranched alkanes of at least 4 members (excludes halogenated alkanes) is 3. The topological polar surface area (TPSA) is 158 Å². The molecule has 0 aromatic carbocycles. The van der Waals surface area contributed by atoms with Gasteiger partial charge in [0.15, 0.2) is 0 Å². The first kappa shape index (κ1) is 25.2. The van der Waals surface area contributed by atoms with Gasteiger partial charge in [0.05, 0.1) is 13.2 Å². The zero-order chi connectivity index (χ0) is 21.0. The van der Waals surface area contributed by atoms with E-state index in [1.807, 2.05) is 0 Å². The van der Waals surface area contributed by atoms with E-state index in [9.17, 15) is 25.2 Å². The third kappa shape index (κ3) is 8.26. The van der Waals surface area contributed by atoms with Crippen LogP contribution in [0.1, 0.15) is 45.4 Å². The highest BCUT2D eigenvalue weighted by atomic mass is 16.7. The molecule has 0 radical (unpaired) electrons. The van der Waals surface area contributed by atoms with Crippen molar-refractivity contribution >= 4 is 5.91 Å². The molecule has 1 saturated heterocycles. The molecule has 1 aliphatic heterocycles. The Hall–Kier alpha value is -0.850. The van der Waals surface area contributed by atoms with Crippen molar-refractivity contribution in [3.8, 4) is 0 Å². The van der Waals surface area contributed by atoms with Crippen LogP contribution in [-0.2, 0) is 19.0 Å². The highest BCUT2D eigenvalue weighted by molar-refractivity contribution is 5.75. The van der Waals surface area contributed by atoms with Crippen LogP contribution in [0.5, 0.6) is 0 Å². The third-order valence-corrected chi connectivity index (χ3v) is 4.49. The molecule has 0 aromatic heterocycles. The van der Waals surface area contributed by atoms with E-state index in [0.717, 1.165) is 12.8 Å². The van der Waals surface area contributed by atoms with Crippen LogP contribution in [0, 0.1) is 0 Å². The Bertz CT molecular complexity index is 435. The molecule has 10 heteroatoms. The van der Waals surface area contributed by atoms with E-state index in [2.05, 4.69) is 12.2 Å². The molecule has 1 fully saturated rings. The summed E-state index contributed by atoms with van der Waals surface area (Å²) in [6.07, 6.45) is -2.05. The van der Waals surface area contributed by atoms with E-state index >= 15 is 0 Å². The first-order valence-corrected chi connectivity index (χ1v) is 9.87. The molecule has 4 atom stereocenters. The summed E-state index contributed by atoms with van der Waals surface area (Å²) in [5, 5.41) is 51.0. The molecule has 6 N–H and O–H groups in total. The van der Waals surface area contributed by atoms with Crippen LogP contribution in [0.2, 0.25) is 0 Å². The van der Waals surface area contributed by atoms with E-state index in [1.165, 1.54) is 0 Å². The Kier molecular flexibility index (Phi) is 12.0. The molecule has 0 saturated carbocycles. The maximum absolute atomic E-state index is 11.7. The normalized spacial score (nSPS) is 26.9. The van der Waals surface area contributed by atoms with Crippen molar-refractivity contribution < 1.29 is 44.5 Å². The SMILES string of the molecule is CCCCOCCNC(=O)CCCCCOC1OC(CO)C(O)C(O)C1(O)O. The van der Waals surface area contributed by atoms with Gasteiger partial charge >= 0.3 is 0 Å². The van der Waals surface area contributed by atoms with Crippen LogP contribution >= 0.6 is 0 Å². The Balaban J connectivity index is 2.12. The summed E-state index contributed by atoms with van der Waals surface area (Å²) >= 11 is 0. The van der Waals surface area contributed by atoms with Gasteiger partial charge in [0, 0.05) is 26.2 Å². The first-order valence-electron chi connectivity index (χ1n) is 9.87. The Morgan fingerprint density at radius 2 is 1.86 bits per heavy atom. The van der Waals surface area contributed by atoms with Gasteiger partial charge in [-0.05, 0) is 19.3 Å². The molecule has 1 rings (SSSR count). The fraction of sp³-hybridized carbons (Fsp3) is 0.944. The van der Waals surface area contributed by atoms with Crippen LogP contribution in [0.15, 0.2) is 0 Å². The molecule has 0 aromatic rings. The minimum absolute atomic E-state index is 0.0525. The van der Waals surface area contributed by atoms with Gasteiger partial charge in [0.1, 0.15) is 18.3 Å². The van der Waals surface area contributed by atoms with Crippen LogP contribution < -0.4 is 5.32 Å². The molecule has 1 amide bonds. The summed E-state index contributed by atoms with van der Waals surface area (Å²) in [5.41, 5.74) is 0. The lowest BCUT2D eigenvalue weighted by Crippen LogP contribution is -2.67. The summed E-state index contributed by atoms with van der Waals surface area (Å²) in [5.74, 6) is -2.84. The number of rotatable bonds is 14. The van der Waals surface area contributed by atoms with Gasteiger partial charge in [-0.2, -0.15) is 0 Å². The second-order valence-corrected chi connectivity index (χ2v) is 6.90. The van der Waals surface area contributed by atoms with Crippen LogP contribution in [-0.4, -0.2) is 94.8 Å². The molecule has 1 heterocycles. The number of carbonyl (C=O) groups is 1. The number of amides is 1. The van der Waals surface area contributed by atoms with Gasteiger partial charge < -0.3 is 45.1 Å². The molecule has 0 aliphatic carbocycles. The number of aliphatic hydroxyl groups excluding tert-OH is 3. The smallest absolute Gasteiger partial charge is 0.245 e. The lowest BCUT2D eigenvalue weighted by molar-refractivity contribution is -0.404. The molecule has 4 unspecified atom stereocenters. The Morgan fingerprint density at radius 1 is 1.11 bits per heavy atom. The minimum Gasteiger partial charge on any atom is -0.394 e. The quantitative estimate of drug-likeness (QED) is 0.150. The van der Waals surface area contributed by atoms with E-state index in [-0.39, 0.29) is 12.5 Å². The highest BCUT2D eigenvalue weighted by Crippen LogP contribution is 2.28. The average Bonchev–Trinajstić information content (AvgIpc) is 2.67. The fourth-order valence-electron chi connectivity index (χ4n) is 2.70. The van der Waals surface area contributed by atoms with E-state index in [4.69, 9.17) is 19.3 Å². The largest absolute Gasteiger partial charge is 0.394 e. The molecule has 166 valence electrons. The maximum Gasteiger partial charge on any atom is 0.245 e. The zero-order valence-corrected chi connectivity index (χ0v) is 16.5.